The Morgan fingerprint density at radius 3 is 1.33 bits per heavy atom. The molecule has 1 heterocycles. The first-order valence-corrected chi connectivity index (χ1v) is 12.5. The number of aromatic nitrogens is 2. The number of benzene rings is 4. The average molecular weight is 585 g/mol. The predicted molar refractivity (Wildman–Crippen MR) is 142 cm³/mol. The van der Waals surface area contributed by atoms with Crippen molar-refractivity contribution in [3.63, 3.8) is 0 Å². The monoisotopic (exact) mass is 584 g/mol. The molecule has 1 aromatic heterocycles. The molecule has 4 aromatic carbocycles. The molecule has 0 radical (unpaired) electrons. The molecule has 0 spiro atoms. The van der Waals surface area contributed by atoms with Gasteiger partial charge in [-0.1, -0.05) is 42.0 Å². The van der Waals surface area contributed by atoms with Gasteiger partial charge in [-0.15, -0.1) is 10.2 Å². The highest BCUT2D eigenvalue weighted by atomic mass is 19.4. The number of alkyl halides is 6. The molecule has 216 valence electrons. The second-order valence-electron chi connectivity index (χ2n) is 9.40. The van der Waals surface area contributed by atoms with E-state index in [1.54, 1.807) is 24.3 Å². The lowest BCUT2D eigenvalue weighted by atomic mass is 9.73. The van der Waals surface area contributed by atoms with Gasteiger partial charge in [0, 0.05) is 11.1 Å². The molecule has 42 heavy (non-hydrogen) atoms. The molecule has 11 heteroatoms. The van der Waals surface area contributed by atoms with Crippen molar-refractivity contribution in [2.24, 2.45) is 0 Å². The highest BCUT2D eigenvalue weighted by Gasteiger charge is 2.72. The zero-order chi connectivity index (χ0) is 30.1. The number of halogens is 6. The lowest BCUT2D eigenvalue weighted by Crippen LogP contribution is -2.54. The Balaban J connectivity index is 1.39. The highest BCUT2D eigenvalue weighted by molar-refractivity contribution is 5.59. The minimum Gasteiger partial charge on any atom is -0.497 e. The fourth-order valence-electron chi connectivity index (χ4n) is 4.55. The fourth-order valence-corrected chi connectivity index (χ4v) is 4.55. The van der Waals surface area contributed by atoms with Gasteiger partial charge in [0.2, 0.25) is 17.2 Å². The van der Waals surface area contributed by atoms with Gasteiger partial charge in [-0.25, -0.2) is 0 Å². The molecule has 5 nitrogen and oxygen atoms in total. The highest BCUT2D eigenvalue weighted by Crippen LogP contribution is 2.56. The first kappa shape index (κ1) is 28.7. The first-order valence-electron chi connectivity index (χ1n) is 12.5. The van der Waals surface area contributed by atoms with E-state index in [0.29, 0.717) is 11.5 Å². The lowest BCUT2D eigenvalue weighted by Gasteiger charge is -2.38. The Morgan fingerprint density at radius 1 is 0.548 bits per heavy atom. The molecule has 0 N–H and O–H groups in total. The van der Waals surface area contributed by atoms with Crippen LogP contribution in [0.1, 0.15) is 16.7 Å². The van der Waals surface area contributed by atoms with Crippen LogP contribution in [-0.4, -0.2) is 29.7 Å². The van der Waals surface area contributed by atoms with Gasteiger partial charge in [0.15, 0.2) is 0 Å². The Morgan fingerprint density at radius 2 is 0.929 bits per heavy atom. The van der Waals surface area contributed by atoms with Crippen LogP contribution in [0.25, 0.3) is 22.9 Å². The van der Waals surface area contributed by atoms with E-state index in [1.165, 1.54) is 7.11 Å². The van der Waals surface area contributed by atoms with E-state index in [2.05, 4.69) is 10.2 Å². The Kier molecular flexibility index (Phi) is 7.44. The lowest BCUT2D eigenvalue weighted by molar-refractivity contribution is -0.288. The molecule has 5 rings (SSSR count). The van der Waals surface area contributed by atoms with Crippen molar-refractivity contribution < 1.29 is 40.2 Å². The van der Waals surface area contributed by atoms with Crippen molar-refractivity contribution in [3.8, 4) is 40.2 Å². The quantitative estimate of drug-likeness (QED) is 0.179. The number of rotatable bonds is 7. The summed E-state index contributed by atoms with van der Waals surface area (Å²) in [7, 11) is 1.26. The van der Waals surface area contributed by atoms with Crippen molar-refractivity contribution in [1.29, 1.82) is 0 Å². The van der Waals surface area contributed by atoms with Gasteiger partial charge >= 0.3 is 12.4 Å². The fraction of sp³-hybridized carbons (Fsp3) is 0.161. The van der Waals surface area contributed by atoms with E-state index in [4.69, 9.17) is 13.9 Å². The van der Waals surface area contributed by atoms with Gasteiger partial charge in [0.1, 0.15) is 17.2 Å². The van der Waals surface area contributed by atoms with E-state index in [9.17, 15) is 26.3 Å². The summed E-state index contributed by atoms with van der Waals surface area (Å²) in [5.74, 6) is 1.05. The maximum Gasteiger partial charge on any atom is 0.411 e. The molecule has 0 aliphatic heterocycles. The van der Waals surface area contributed by atoms with Gasteiger partial charge in [-0.3, -0.25) is 0 Å². The minimum absolute atomic E-state index is 0.0407. The summed E-state index contributed by atoms with van der Waals surface area (Å²) in [6.07, 6.45) is -11.4. The summed E-state index contributed by atoms with van der Waals surface area (Å²) in [4.78, 5) is 0. The number of ether oxygens (including phenoxy) is 2. The van der Waals surface area contributed by atoms with Crippen LogP contribution in [0.4, 0.5) is 26.3 Å². The standard InChI is InChI=1S/C31H22F6N2O3/c1-19-3-5-20(6-4-19)27-38-39-28(42-27)21-7-13-25(14-8-21)41-26-17-11-23(12-18-26)29(30(32,33)34,31(35,36)37)22-9-15-24(40-2)16-10-22/h3-18H,1-2H3. The van der Waals surface area contributed by atoms with Crippen LogP contribution in [-0.2, 0) is 5.41 Å². The summed E-state index contributed by atoms with van der Waals surface area (Å²) in [6.45, 7) is 1.96. The maximum absolute atomic E-state index is 14.4. The van der Waals surface area contributed by atoms with Crippen LogP contribution in [0.5, 0.6) is 17.2 Å². The SMILES string of the molecule is COc1ccc(C(c2ccc(Oc3ccc(-c4nnc(-c5ccc(C)cc5)o4)cc3)cc2)(C(F)(F)F)C(F)(F)F)cc1. The first-order chi connectivity index (χ1) is 19.9. The van der Waals surface area contributed by atoms with Crippen molar-refractivity contribution in [1.82, 2.24) is 10.2 Å². The second kappa shape index (κ2) is 10.9. The van der Waals surface area contributed by atoms with E-state index in [-0.39, 0.29) is 23.1 Å². The zero-order valence-corrected chi connectivity index (χ0v) is 22.1. The Labute approximate surface area is 236 Å². The van der Waals surface area contributed by atoms with E-state index < -0.39 is 28.9 Å². The van der Waals surface area contributed by atoms with Gasteiger partial charge in [-0.2, -0.15) is 26.3 Å². The van der Waals surface area contributed by atoms with Gasteiger partial charge < -0.3 is 13.9 Å². The third kappa shape index (κ3) is 5.29. The maximum atomic E-state index is 14.4. The van der Waals surface area contributed by atoms with Gasteiger partial charge in [-0.05, 0) is 78.7 Å². The molecular formula is C31H22F6N2O3. The molecule has 0 saturated heterocycles. The molecule has 5 aromatic rings. The number of hydrogen-bond donors (Lipinski definition) is 0. The van der Waals surface area contributed by atoms with E-state index >= 15 is 0 Å². The van der Waals surface area contributed by atoms with Crippen molar-refractivity contribution in [2.75, 3.05) is 7.11 Å². The van der Waals surface area contributed by atoms with Crippen molar-refractivity contribution in [2.45, 2.75) is 24.7 Å². The molecule has 0 bridgehead atoms. The molecule has 0 aliphatic carbocycles. The summed E-state index contributed by atoms with van der Waals surface area (Å²) in [5, 5.41) is 8.12. The number of methoxy groups -OCH3 is 1. The summed E-state index contributed by atoms with van der Waals surface area (Å²) >= 11 is 0. The Hall–Kier alpha value is -4.80. The van der Waals surface area contributed by atoms with Crippen LogP contribution < -0.4 is 9.47 Å². The third-order valence-electron chi connectivity index (χ3n) is 6.72. The zero-order valence-electron chi connectivity index (χ0n) is 22.1. The van der Waals surface area contributed by atoms with Crippen LogP contribution in [0, 0.1) is 6.92 Å². The predicted octanol–water partition coefficient (Wildman–Crippen LogP) is 8.92. The van der Waals surface area contributed by atoms with Crippen molar-refractivity contribution in [3.05, 3.63) is 114 Å². The Bertz CT molecular complexity index is 1630. The molecule has 0 fully saturated rings. The summed E-state index contributed by atoms with van der Waals surface area (Å²) in [5.41, 5.74) is -3.83. The van der Waals surface area contributed by atoms with Gasteiger partial charge in [0.25, 0.3) is 0 Å². The molecule has 0 atom stereocenters. The molecule has 0 unspecified atom stereocenters. The number of hydrogen-bond acceptors (Lipinski definition) is 5. The smallest absolute Gasteiger partial charge is 0.411 e. The summed E-state index contributed by atoms with van der Waals surface area (Å²) in [6, 6.07) is 21.2. The average Bonchev–Trinajstić information content (AvgIpc) is 3.44. The van der Waals surface area contributed by atoms with Crippen LogP contribution in [0.3, 0.4) is 0 Å². The van der Waals surface area contributed by atoms with Gasteiger partial charge in [0.05, 0.1) is 7.11 Å². The molecule has 0 aliphatic rings. The number of nitrogens with zero attached hydrogens (tertiary/aromatic N) is 2. The minimum atomic E-state index is -5.70. The van der Waals surface area contributed by atoms with E-state index in [0.717, 1.165) is 59.7 Å². The molecular weight excluding hydrogens is 562 g/mol. The van der Waals surface area contributed by atoms with Crippen LogP contribution >= 0.6 is 0 Å². The van der Waals surface area contributed by atoms with Crippen LogP contribution in [0.2, 0.25) is 0 Å². The van der Waals surface area contributed by atoms with E-state index in [1.807, 2.05) is 31.2 Å². The molecule has 0 amide bonds. The summed E-state index contributed by atoms with van der Waals surface area (Å²) < 4.78 is 103. The van der Waals surface area contributed by atoms with Crippen molar-refractivity contribution >= 4 is 0 Å². The topological polar surface area (TPSA) is 57.4 Å². The largest absolute Gasteiger partial charge is 0.497 e. The normalized spacial score (nSPS) is 12.3. The third-order valence-corrected chi connectivity index (χ3v) is 6.72. The van der Waals surface area contributed by atoms with Crippen LogP contribution in [0.15, 0.2) is 101 Å². The second-order valence-corrected chi connectivity index (χ2v) is 9.40. The molecule has 0 saturated carbocycles. The number of aryl methyl sites for hydroxylation is 1.